The van der Waals surface area contributed by atoms with Gasteiger partial charge in [0.2, 0.25) is 5.88 Å². The van der Waals surface area contributed by atoms with Crippen molar-refractivity contribution in [3.05, 3.63) is 36.5 Å². The number of nitrogens with two attached hydrogens (primary N) is 2. The molecule has 0 bridgehead atoms. The molecule has 0 spiro atoms. The number of rotatable bonds is 5. The molecular weight excluding hydrogens is 246 g/mol. The Balaban J connectivity index is 1.79. The summed E-state index contributed by atoms with van der Waals surface area (Å²) >= 11 is 0. The molecule has 0 aliphatic carbocycles. The molecule has 0 atom stereocenters. The molecule has 0 saturated heterocycles. The van der Waals surface area contributed by atoms with E-state index >= 15 is 0 Å². The van der Waals surface area contributed by atoms with Crippen LogP contribution in [0.15, 0.2) is 36.5 Å². The van der Waals surface area contributed by atoms with Crippen molar-refractivity contribution in [2.75, 3.05) is 24.7 Å². The Labute approximate surface area is 110 Å². The molecule has 0 unspecified atom stereocenters. The highest BCUT2D eigenvalue weighted by atomic mass is 16.5. The summed E-state index contributed by atoms with van der Waals surface area (Å²) in [6, 6.07) is 8.03. The van der Waals surface area contributed by atoms with Crippen LogP contribution in [0.3, 0.4) is 0 Å². The molecule has 0 aliphatic heterocycles. The van der Waals surface area contributed by atoms with E-state index in [1.165, 1.54) is 6.20 Å². The average Bonchev–Trinajstić information content (AvgIpc) is 2.39. The topological polar surface area (TPSA) is 104 Å². The number of nitrogen functional groups attached to an aromatic ring is 2. The van der Waals surface area contributed by atoms with Crippen molar-refractivity contribution >= 4 is 11.4 Å². The van der Waals surface area contributed by atoms with Crippen molar-refractivity contribution in [1.29, 1.82) is 0 Å². The van der Waals surface area contributed by atoms with Crippen LogP contribution in [0.4, 0.5) is 11.4 Å². The molecule has 0 radical (unpaired) electrons. The molecule has 1 heterocycles. The van der Waals surface area contributed by atoms with Gasteiger partial charge in [0.25, 0.3) is 0 Å². The first-order chi connectivity index (χ1) is 9.15. The van der Waals surface area contributed by atoms with E-state index in [-0.39, 0.29) is 5.75 Å². The lowest BCUT2D eigenvalue weighted by molar-refractivity contribution is 0.213. The van der Waals surface area contributed by atoms with Crippen molar-refractivity contribution in [1.82, 2.24) is 4.98 Å². The minimum Gasteiger partial charge on any atom is -0.508 e. The molecule has 0 fully saturated rings. The Hall–Kier alpha value is -2.63. The Morgan fingerprint density at radius 1 is 1.05 bits per heavy atom. The third-order valence-electron chi connectivity index (χ3n) is 2.33. The molecule has 100 valence electrons. The summed E-state index contributed by atoms with van der Waals surface area (Å²) in [6.45, 7) is 0.651. The van der Waals surface area contributed by atoms with E-state index in [0.717, 1.165) is 0 Å². The Bertz CT molecular complexity index is 543. The quantitative estimate of drug-likeness (QED) is 0.703. The van der Waals surface area contributed by atoms with Crippen molar-refractivity contribution in [3.8, 4) is 17.4 Å². The first-order valence-electron chi connectivity index (χ1n) is 5.71. The van der Waals surface area contributed by atoms with E-state index in [4.69, 9.17) is 26.0 Å². The molecule has 19 heavy (non-hydrogen) atoms. The lowest BCUT2D eigenvalue weighted by Gasteiger charge is -2.09. The van der Waals surface area contributed by atoms with Crippen LogP contribution >= 0.6 is 0 Å². The fourth-order valence-corrected chi connectivity index (χ4v) is 1.45. The van der Waals surface area contributed by atoms with Crippen LogP contribution in [0.1, 0.15) is 0 Å². The zero-order valence-electron chi connectivity index (χ0n) is 10.2. The highest BCUT2D eigenvalue weighted by Crippen LogP contribution is 2.20. The maximum absolute atomic E-state index is 9.12. The van der Waals surface area contributed by atoms with Gasteiger partial charge in [-0.3, -0.25) is 0 Å². The zero-order chi connectivity index (χ0) is 13.7. The van der Waals surface area contributed by atoms with Crippen LogP contribution < -0.4 is 20.9 Å². The van der Waals surface area contributed by atoms with Gasteiger partial charge in [0.05, 0.1) is 17.6 Å². The molecular formula is C13H15N3O3. The minimum absolute atomic E-state index is 0.197. The van der Waals surface area contributed by atoms with Crippen LogP contribution in [-0.2, 0) is 0 Å². The van der Waals surface area contributed by atoms with E-state index < -0.39 is 0 Å². The number of phenolic OH excluding ortho intramolecular Hbond substituents is 1. The molecule has 2 aromatic rings. The van der Waals surface area contributed by atoms with Gasteiger partial charge in [-0.05, 0) is 30.3 Å². The van der Waals surface area contributed by atoms with Crippen LogP contribution in [-0.4, -0.2) is 23.3 Å². The number of hydrogen-bond acceptors (Lipinski definition) is 6. The first kappa shape index (κ1) is 12.8. The summed E-state index contributed by atoms with van der Waals surface area (Å²) < 4.78 is 10.8. The monoisotopic (exact) mass is 261 g/mol. The number of hydrogen-bond donors (Lipinski definition) is 3. The molecule has 0 saturated carbocycles. The number of benzene rings is 1. The summed E-state index contributed by atoms with van der Waals surface area (Å²) in [6.07, 6.45) is 1.48. The standard InChI is InChI=1S/C13H15N3O3/c14-9-7-12(15)13(16-8-9)19-6-5-18-11-3-1-10(17)2-4-11/h1-4,7-8,17H,5-6,14-15H2. The van der Waals surface area contributed by atoms with Crippen molar-refractivity contribution in [2.24, 2.45) is 0 Å². The number of pyridine rings is 1. The number of nitrogens with zero attached hydrogens (tertiary/aromatic N) is 1. The van der Waals surface area contributed by atoms with Gasteiger partial charge in [0, 0.05) is 0 Å². The fourth-order valence-electron chi connectivity index (χ4n) is 1.45. The predicted octanol–water partition coefficient (Wildman–Crippen LogP) is 1.41. The summed E-state index contributed by atoms with van der Waals surface area (Å²) in [5.74, 6) is 1.19. The second kappa shape index (κ2) is 5.81. The van der Waals surface area contributed by atoms with Gasteiger partial charge >= 0.3 is 0 Å². The number of aromatic nitrogens is 1. The second-order valence-corrected chi connectivity index (χ2v) is 3.85. The van der Waals surface area contributed by atoms with E-state index in [1.807, 2.05) is 0 Å². The van der Waals surface area contributed by atoms with E-state index in [9.17, 15) is 0 Å². The first-order valence-corrected chi connectivity index (χ1v) is 5.71. The van der Waals surface area contributed by atoms with Gasteiger partial charge in [-0.2, -0.15) is 0 Å². The van der Waals surface area contributed by atoms with Crippen molar-refractivity contribution in [3.63, 3.8) is 0 Å². The van der Waals surface area contributed by atoms with Crippen LogP contribution in [0.5, 0.6) is 17.4 Å². The molecule has 2 rings (SSSR count). The third kappa shape index (κ3) is 3.67. The van der Waals surface area contributed by atoms with E-state index in [1.54, 1.807) is 30.3 Å². The van der Waals surface area contributed by atoms with Crippen molar-refractivity contribution < 1.29 is 14.6 Å². The summed E-state index contributed by atoms with van der Waals surface area (Å²) in [4.78, 5) is 3.97. The molecule has 6 heteroatoms. The lowest BCUT2D eigenvalue weighted by atomic mass is 10.3. The molecule has 5 N–H and O–H groups in total. The second-order valence-electron chi connectivity index (χ2n) is 3.85. The van der Waals surface area contributed by atoms with Crippen molar-refractivity contribution in [2.45, 2.75) is 0 Å². The third-order valence-corrected chi connectivity index (χ3v) is 2.33. The molecule has 6 nitrogen and oxygen atoms in total. The highest BCUT2D eigenvalue weighted by molar-refractivity contribution is 5.55. The molecule has 1 aromatic heterocycles. The highest BCUT2D eigenvalue weighted by Gasteiger charge is 2.02. The van der Waals surface area contributed by atoms with Gasteiger partial charge in [-0.25, -0.2) is 4.98 Å². The lowest BCUT2D eigenvalue weighted by Crippen LogP contribution is -2.11. The van der Waals surface area contributed by atoms with Gasteiger partial charge in [-0.1, -0.05) is 0 Å². The summed E-state index contributed by atoms with van der Waals surface area (Å²) in [5.41, 5.74) is 12.1. The zero-order valence-corrected chi connectivity index (χ0v) is 10.2. The predicted molar refractivity (Wildman–Crippen MR) is 72.2 cm³/mol. The average molecular weight is 261 g/mol. The Morgan fingerprint density at radius 3 is 2.42 bits per heavy atom. The molecule has 0 amide bonds. The number of ether oxygens (including phenoxy) is 2. The molecule has 1 aromatic carbocycles. The molecule has 0 aliphatic rings. The SMILES string of the molecule is Nc1cnc(OCCOc2ccc(O)cc2)c(N)c1. The fraction of sp³-hybridized carbons (Fsp3) is 0.154. The number of phenols is 1. The summed E-state index contributed by atoms with van der Waals surface area (Å²) in [7, 11) is 0. The largest absolute Gasteiger partial charge is 0.508 e. The number of aromatic hydroxyl groups is 1. The minimum atomic E-state index is 0.197. The van der Waals surface area contributed by atoms with Crippen LogP contribution in [0.25, 0.3) is 0 Å². The van der Waals surface area contributed by atoms with E-state index in [0.29, 0.717) is 36.2 Å². The maximum atomic E-state index is 9.12. The van der Waals surface area contributed by atoms with Gasteiger partial charge in [0.15, 0.2) is 0 Å². The summed E-state index contributed by atoms with van der Waals surface area (Å²) in [5, 5.41) is 9.12. The normalized spacial score (nSPS) is 10.1. The van der Waals surface area contributed by atoms with Gasteiger partial charge < -0.3 is 26.0 Å². The van der Waals surface area contributed by atoms with Crippen LogP contribution in [0.2, 0.25) is 0 Å². The van der Waals surface area contributed by atoms with Gasteiger partial charge in [0.1, 0.15) is 24.7 Å². The van der Waals surface area contributed by atoms with E-state index in [2.05, 4.69) is 4.98 Å². The smallest absolute Gasteiger partial charge is 0.237 e. The van der Waals surface area contributed by atoms with Crippen LogP contribution in [0, 0.1) is 0 Å². The maximum Gasteiger partial charge on any atom is 0.237 e. The number of anilines is 2. The Morgan fingerprint density at radius 2 is 1.74 bits per heavy atom. The van der Waals surface area contributed by atoms with Gasteiger partial charge in [-0.15, -0.1) is 0 Å². The Kier molecular flexibility index (Phi) is 3.92.